The second kappa shape index (κ2) is 10.3. The van der Waals surface area contributed by atoms with Crippen molar-refractivity contribution in [1.82, 2.24) is 0 Å². The van der Waals surface area contributed by atoms with Crippen molar-refractivity contribution in [2.45, 2.75) is 6.29 Å². The maximum atomic E-state index is 12.8. The normalized spacial score (nSPS) is 13.0. The molecule has 0 aliphatic carbocycles. The van der Waals surface area contributed by atoms with Gasteiger partial charge in [-0.15, -0.1) is 0 Å². The molecule has 3 rings (SSSR count). The summed E-state index contributed by atoms with van der Waals surface area (Å²) in [5.41, 5.74) is 0.548. The predicted octanol–water partition coefficient (Wildman–Crippen LogP) is 3.96. The lowest BCUT2D eigenvalue weighted by molar-refractivity contribution is 0.00365. The lowest BCUT2D eigenvalue weighted by atomic mass is 10.2. The van der Waals surface area contributed by atoms with Crippen LogP contribution in [0.1, 0.15) is 11.9 Å². The quantitative estimate of drug-likeness (QED) is 0.259. The third-order valence-corrected chi connectivity index (χ3v) is 4.58. The molecule has 1 N–H and O–H groups in total. The number of hydrogen-bond acceptors (Lipinski definition) is 8. The molecule has 2 atom stereocenters. The fraction of sp³-hybridized carbons (Fsp3) is 0.100. The smallest absolute Gasteiger partial charge is 0.488 e. The summed E-state index contributed by atoms with van der Waals surface area (Å²) in [5, 5.41) is 0. The molecule has 0 spiro atoms. The zero-order valence-corrected chi connectivity index (χ0v) is 18.0. The summed E-state index contributed by atoms with van der Waals surface area (Å²) in [7, 11) is -3.69. The topological polar surface area (TPSA) is 118 Å². The van der Waals surface area contributed by atoms with Crippen LogP contribution in [-0.2, 0) is 21.9 Å². The molecular formula is C20H17FO9S2. The van der Waals surface area contributed by atoms with E-state index in [1.54, 1.807) is 36.4 Å². The van der Waals surface area contributed by atoms with Crippen molar-refractivity contribution in [3.05, 3.63) is 78.4 Å². The number of halogens is 1. The van der Waals surface area contributed by atoms with Crippen LogP contribution in [0, 0.1) is 0 Å². The largest absolute Gasteiger partial charge is 0.497 e. The number of benzene rings is 3. The van der Waals surface area contributed by atoms with Gasteiger partial charge in [0.2, 0.25) is 0 Å². The van der Waals surface area contributed by atoms with Crippen molar-refractivity contribution in [2.75, 3.05) is 7.11 Å². The van der Waals surface area contributed by atoms with Gasteiger partial charge in [-0.2, -0.15) is 12.6 Å². The van der Waals surface area contributed by atoms with Gasteiger partial charge in [0, 0.05) is 17.7 Å². The first-order valence-electron chi connectivity index (χ1n) is 8.82. The maximum Gasteiger partial charge on any atom is 0.488 e. The van der Waals surface area contributed by atoms with Crippen LogP contribution in [0.2, 0.25) is 0 Å². The van der Waals surface area contributed by atoms with Gasteiger partial charge in [-0.25, -0.2) is 0 Å². The average Bonchev–Trinajstić information content (AvgIpc) is 2.72. The maximum absolute atomic E-state index is 12.8. The molecule has 9 nitrogen and oxygen atoms in total. The van der Waals surface area contributed by atoms with Gasteiger partial charge in [-0.3, -0.25) is 4.55 Å². The average molecular weight is 484 g/mol. The monoisotopic (exact) mass is 484 g/mol. The van der Waals surface area contributed by atoms with Gasteiger partial charge in [0.15, 0.2) is 0 Å². The minimum Gasteiger partial charge on any atom is -0.497 e. The summed E-state index contributed by atoms with van der Waals surface area (Å²) in [4.78, 5) is 0. The lowest BCUT2D eigenvalue weighted by Crippen LogP contribution is -2.15. The van der Waals surface area contributed by atoms with Crippen LogP contribution in [0.4, 0.5) is 3.89 Å². The third-order valence-electron chi connectivity index (χ3n) is 3.85. The van der Waals surface area contributed by atoms with Crippen LogP contribution >= 0.6 is 0 Å². The zero-order chi connectivity index (χ0) is 23.1. The van der Waals surface area contributed by atoms with Gasteiger partial charge in [0.05, 0.1) is 7.11 Å². The fourth-order valence-electron chi connectivity index (χ4n) is 2.56. The molecule has 3 aromatic carbocycles. The Bertz CT molecular complexity index is 1180. The van der Waals surface area contributed by atoms with Gasteiger partial charge in [0.1, 0.15) is 28.7 Å². The van der Waals surface area contributed by atoms with E-state index in [1.807, 2.05) is 0 Å². The van der Waals surface area contributed by atoms with Crippen LogP contribution in [0.25, 0.3) is 0 Å². The van der Waals surface area contributed by atoms with E-state index >= 15 is 0 Å². The first kappa shape index (κ1) is 23.3. The molecule has 0 saturated heterocycles. The minimum absolute atomic E-state index is 0.0837. The molecule has 3 aromatic rings. The highest BCUT2D eigenvalue weighted by Crippen LogP contribution is 2.31. The van der Waals surface area contributed by atoms with E-state index in [2.05, 4.69) is 4.18 Å². The van der Waals surface area contributed by atoms with Crippen molar-refractivity contribution in [2.24, 2.45) is 0 Å². The molecular weight excluding hydrogens is 467 g/mol. The minimum atomic E-state index is -5.21. The van der Waals surface area contributed by atoms with Crippen molar-refractivity contribution in [3.8, 4) is 28.7 Å². The molecule has 0 heterocycles. The zero-order valence-electron chi connectivity index (χ0n) is 16.4. The van der Waals surface area contributed by atoms with Crippen LogP contribution < -0.4 is 22.6 Å². The van der Waals surface area contributed by atoms with Gasteiger partial charge < -0.3 is 22.6 Å². The summed E-state index contributed by atoms with van der Waals surface area (Å²) < 4.78 is 80.0. The molecule has 12 heteroatoms. The van der Waals surface area contributed by atoms with E-state index in [1.165, 1.54) is 43.5 Å². The van der Waals surface area contributed by atoms with E-state index < -0.39 is 28.2 Å². The van der Waals surface area contributed by atoms with Crippen molar-refractivity contribution < 1.29 is 43.6 Å². The number of rotatable bonds is 10. The SMILES string of the molecule is COc1ccc(C(Oc2cccc(OS(=O)O)c2)Oc2cccc(OS(=O)(=O)F)c2)cc1. The van der Waals surface area contributed by atoms with Crippen LogP contribution in [-0.4, -0.2) is 24.3 Å². The number of methoxy groups -OCH3 is 1. The second-order valence-electron chi connectivity index (χ2n) is 6.07. The molecule has 0 aliphatic heterocycles. The highest BCUT2D eigenvalue weighted by Gasteiger charge is 2.18. The van der Waals surface area contributed by atoms with Gasteiger partial charge in [-0.1, -0.05) is 16.0 Å². The fourth-order valence-corrected chi connectivity index (χ4v) is 3.17. The Morgan fingerprint density at radius 3 is 1.91 bits per heavy atom. The molecule has 170 valence electrons. The Morgan fingerprint density at radius 1 is 0.844 bits per heavy atom. The molecule has 0 amide bonds. The molecule has 0 radical (unpaired) electrons. The molecule has 32 heavy (non-hydrogen) atoms. The van der Waals surface area contributed by atoms with Crippen molar-refractivity contribution >= 4 is 21.9 Å². The van der Waals surface area contributed by atoms with Gasteiger partial charge >= 0.3 is 21.9 Å². The molecule has 2 unspecified atom stereocenters. The van der Waals surface area contributed by atoms with E-state index in [9.17, 15) is 16.5 Å². The summed E-state index contributed by atoms with van der Waals surface area (Å²) in [6.07, 6.45) is -1.06. The highest BCUT2D eigenvalue weighted by atomic mass is 32.3. The molecule has 0 aromatic heterocycles. The van der Waals surface area contributed by atoms with E-state index in [4.69, 9.17) is 22.9 Å². The van der Waals surface area contributed by atoms with Crippen LogP contribution in [0.5, 0.6) is 28.7 Å². The Balaban J connectivity index is 1.89. The Morgan fingerprint density at radius 2 is 1.38 bits per heavy atom. The van der Waals surface area contributed by atoms with Crippen molar-refractivity contribution in [1.29, 1.82) is 0 Å². The predicted molar refractivity (Wildman–Crippen MR) is 112 cm³/mol. The Kier molecular flexibility index (Phi) is 7.51. The summed E-state index contributed by atoms with van der Waals surface area (Å²) >= 11 is -2.51. The van der Waals surface area contributed by atoms with E-state index in [0.717, 1.165) is 0 Å². The standard InChI is InChI=1S/C20H17FO9S2/c1-26-15-10-8-14(9-11-15)20(27-16-4-2-6-18(12-16)29-31(22)23)28-17-5-3-7-19(13-17)30-32(21,24)25/h2-13,20H,1H3,(H,22,23). The first-order chi connectivity index (χ1) is 15.2. The second-order valence-corrected chi connectivity index (χ2v) is 7.62. The van der Waals surface area contributed by atoms with E-state index in [-0.39, 0.29) is 23.0 Å². The lowest BCUT2D eigenvalue weighted by Gasteiger charge is -2.21. The molecule has 0 bridgehead atoms. The van der Waals surface area contributed by atoms with Crippen molar-refractivity contribution in [3.63, 3.8) is 0 Å². The van der Waals surface area contributed by atoms with Crippen LogP contribution in [0.15, 0.2) is 72.8 Å². The molecule has 0 aliphatic rings. The summed E-state index contributed by atoms with van der Waals surface area (Å²) in [5.74, 6) is 0.750. The first-order valence-corrected chi connectivity index (χ1v) is 11.2. The third kappa shape index (κ3) is 7.11. The van der Waals surface area contributed by atoms with E-state index in [0.29, 0.717) is 11.3 Å². The number of hydrogen-bond donors (Lipinski definition) is 1. The summed E-state index contributed by atoms with van der Waals surface area (Å²) in [6.45, 7) is 0. The van der Waals surface area contributed by atoms with Gasteiger partial charge in [0.25, 0.3) is 6.29 Å². The number of ether oxygens (including phenoxy) is 3. The molecule has 0 fully saturated rings. The van der Waals surface area contributed by atoms with Gasteiger partial charge in [-0.05, 0) is 48.5 Å². The Labute approximate surface area is 186 Å². The molecule has 0 saturated carbocycles. The highest BCUT2D eigenvalue weighted by molar-refractivity contribution is 7.81. The Hall–Kier alpha value is -3.35. The van der Waals surface area contributed by atoms with Crippen LogP contribution in [0.3, 0.4) is 0 Å². The summed E-state index contributed by atoms with van der Waals surface area (Å²) in [6, 6.07) is 18.0.